The minimum absolute atomic E-state index is 0.0235. The van der Waals surface area contributed by atoms with E-state index in [1.807, 2.05) is 12.1 Å². The van der Waals surface area contributed by atoms with Gasteiger partial charge in [-0.1, -0.05) is 61.0 Å². The van der Waals surface area contributed by atoms with Crippen LogP contribution in [0.3, 0.4) is 0 Å². The summed E-state index contributed by atoms with van der Waals surface area (Å²) in [4.78, 5) is 0. The molecular formula is C23H30ClNO. The Balaban J connectivity index is 1.67. The smallest absolute Gasteiger partial charge is 0.0660 e. The predicted octanol–water partition coefficient (Wildman–Crippen LogP) is 5.74. The SMILES string of the molecule is CC[C@@]1(C)C[C@](CCNCc2ccc(Cl)cc2)(c2ccccc2)CCO1. The van der Waals surface area contributed by atoms with E-state index < -0.39 is 0 Å². The Morgan fingerprint density at radius 1 is 1.08 bits per heavy atom. The largest absolute Gasteiger partial charge is 0.375 e. The molecule has 0 aromatic heterocycles. The molecule has 0 aliphatic carbocycles. The van der Waals surface area contributed by atoms with E-state index in [9.17, 15) is 0 Å². The Morgan fingerprint density at radius 2 is 1.81 bits per heavy atom. The molecule has 2 aromatic rings. The highest BCUT2D eigenvalue weighted by Crippen LogP contribution is 2.45. The van der Waals surface area contributed by atoms with Crippen LogP contribution in [0.5, 0.6) is 0 Å². The first-order chi connectivity index (χ1) is 12.6. The van der Waals surface area contributed by atoms with Crippen molar-refractivity contribution in [2.75, 3.05) is 13.2 Å². The Bertz CT molecular complexity index is 687. The van der Waals surface area contributed by atoms with Crippen molar-refractivity contribution < 1.29 is 4.74 Å². The van der Waals surface area contributed by atoms with Crippen LogP contribution in [0.25, 0.3) is 0 Å². The molecule has 26 heavy (non-hydrogen) atoms. The van der Waals surface area contributed by atoms with Gasteiger partial charge in [0.15, 0.2) is 0 Å². The first kappa shape index (κ1) is 19.4. The van der Waals surface area contributed by atoms with Gasteiger partial charge in [-0.05, 0) is 62.4 Å². The van der Waals surface area contributed by atoms with Gasteiger partial charge in [0.25, 0.3) is 0 Å². The maximum atomic E-state index is 6.15. The molecule has 0 radical (unpaired) electrons. The van der Waals surface area contributed by atoms with E-state index in [2.05, 4.69) is 61.6 Å². The fourth-order valence-electron chi connectivity index (χ4n) is 4.13. The molecule has 3 heteroatoms. The van der Waals surface area contributed by atoms with Gasteiger partial charge in [-0.3, -0.25) is 0 Å². The number of ether oxygens (including phenoxy) is 1. The van der Waals surface area contributed by atoms with Crippen molar-refractivity contribution >= 4 is 11.6 Å². The summed E-state index contributed by atoms with van der Waals surface area (Å²) < 4.78 is 6.15. The van der Waals surface area contributed by atoms with Gasteiger partial charge in [0, 0.05) is 23.6 Å². The number of nitrogens with one attached hydrogen (secondary N) is 1. The monoisotopic (exact) mass is 371 g/mol. The third kappa shape index (κ3) is 4.68. The molecule has 140 valence electrons. The molecule has 0 bridgehead atoms. The zero-order chi connectivity index (χ0) is 18.5. The van der Waals surface area contributed by atoms with Gasteiger partial charge in [0.05, 0.1) is 5.60 Å². The fraction of sp³-hybridized carbons (Fsp3) is 0.478. The van der Waals surface area contributed by atoms with E-state index >= 15 is 0 Å². The van der Waals surface area contributed by atoms with Crippen LogP contribution in [-0.4, -0.2) is 18.8 Å². The van der Waals surface area contributed by atoms with Gasteiger partial charge in [-0.25, -0.2) is 0 Å². The fourth-order valence-corrected chi connectivity index (χ4v) is 4.26. The maximum Gasteiger partial charge on any atom is 0.0660 e. The predicted molar refractivity (Wildman–Crippen MR) is 110 cm³/mol. The number of hydrogen-bond acceptors (Lipinski definition) is 2. The molecular weight excluding hydrogens is 342 g/mol. The highest BCUT2D eigenvalue weighted by atomic mass is 35.5. The molecule has 0 amide bonds. The summed E-state index contributed by atoms with van der Waals surface area (Å²) in [6.07, 6.45) is 4.36. The van der Waals surface area contributed by atoms with Gasteiger partial charge in [0.2, 0.25) is 0 Å². The van der Waals surface area contributed by atoms with Crippen molar-refractivity contribution in [2.45, 2.75) is 57.1 Å². The number of benzene rings is 2. The Hall–Kier alpha value is -1.35. The number of rotatable bonds is 7. The normalized spacial score (nSPS) is 26.0. The topological polar surface area (TPSA) is 21.3 Å². The molecule has 1 fully saturated rings. The molecule has 1 N–H and O–H groups in total. The van der Waals surface area contributed by atoms with Gasteiger partial charge < -0.3 is 10.1 Å². The summed E-state index contributed by atoms with van der Waals surface area (Å²) in [5.41, 5.74) is 2.89. The molecule has 1 saturated heterocycles. The van der Waals surface area contributed by atoms with Crippen LogP contribution in [0.4, 0.5) is 0 Å². The lowest BCUT2D eigenvalue weighted by atomic mass is 9.66. The van der Waals surface area contributed by atoms with E-state index in [-0.39, 0.29) is 11.0 Å². The van der Waals surface area contributed by atoms with E-state index in [0.717, 1.165) is 50.4 Å². The third-order valence-electron chi connectivity index (χ3n) is 5.90. The van der Waals surface area contributed by atoms with Crippen molar-refractivity contribution in [2.24, 2.45) is 0 Å². The highest BCUT2D eigenvalue weighted by molar-refractivity contribution is 6.30. The lowest BCUT2D eigenvalue weighted by Gasteiger charge is -2.47. The molecule has 1 aliphatic rings. The van der Waals surface area contributed by atoms with Crippen molar-refractivity contribution in [3.8, 4) is 0 Å². The molecule has 3 rings (SSSR count). The lowest BCUT2D eigenvalue weighted by molar-refractivity contribution is -0.0979. The van der Waals surface area contributed by atoms with Crippen molar-refractivity contribution in [3.05, 3.63) is 70.7 Å². The molecule has 2 atom stereocenters. The van der Waals surface area contributed by atoms with Crippen molar-refractivity contribution in [1.82, 2.24) is 5.32 Å². The first-order valence-electron chi connectivity index (χ1n) is 9.70. The van der Waals surface area contributed by atoms with E-state index in [4.69, 9.17) is 16.3 Å². The van der Waals surface area contributed by atoms with Crippen molar-refractivity contribution in [3.63, 3.8) is 0 Å². The summed E-state index contributed by atoms with van der Waals surface area (Å²) in [7, 11) is 0. The average molecular weight is 372 g/mol. The van der Waals surface area contributed by atoms with Gasteiger partial charge >= 0.3 is 0 Å². The second kappa shape index (κ2) is 8.56. The van der Waals surface area contributed by atoms with E-state index in [0.29, 0.717) is 0 Å². The third-order valence-corrected chi connectivity index (χ3v) is 6.15. The summed E-state index contributed by atoms with van der Waals surface area (Å²) in [5, 5.41) is 4.41. The minimum atomic E-state index is -0.0235. The van der Waals surface area contributed by atoms with Crippen LogP contribution in [0.15, 0.2) is 54.6 Å². The minimum Gasteiger partial charge on any atom is -0.375 e. The Labute approximate surface area is 162 Å². The second-order valence-electron chi connectivity index (χ2n) is 7.78. The summed E-state index contributed by atoms with van der Waals surface area (Å²) in [5.74, 6) is 0. The zero-order valence-electron chi connectivity index (χ0n) is 15.9. The standard InChI is InChI=1S/C23H30ClNO/c1-3-22(2)18-23(14-16-26-22,20-7-5-4-6-8-20)13-15-25-17-19-9-11-21(24)12-10-19/h4-12,25H,3,13-18H2,1-2H3/t22-,23+/m0/s1. The zero-order valence-corrected chi connectivity index (χ0v) is 16.7. The van der Waals surface area contributed by atoms with Crippen LogP contribution in [-0.2, 0) is 16.7 Å². The number of hydrogen-bond donors (Lipinski definition) is 1. The molecule has 0 unspecified atom stereocenters. The molecule has 1 aliphatic heterocycles. The van der Waals surface area contributed by atoms with Gasteiger partial charge in [-0.15, -0.1) is 0 Å². The summed E-state index contributed by atoms with van der Waals surface area (Å²) in [6, 6.07) is 19.1. The lowest BCUT2D eigenvalue weighted by Crippen LogP contribution is -2.46. The van der Waals surface area contributed by atoms with Gasteiger partial charge in [-0.2, -0.15) is 0 Å². The average Bonchev–Trinajstić information content (AvgIpc) is 2.67. The van der Waals surface area contributed by atoms with Crippen LogP contribution in [0.2, 0.25) is 5.02 Å². The molecule has 2 nitrogen and oxygen atoms in total. The molecule has 2 aromatic carbocycles. The maximum absolute atomic E-state index is 6.15. The first-order valence-corrected chi connectivity index (χ1v) is 10.1. The van der Waals surface area contributed by atoms with Crippen LogP contribution in [0, 0.1) is 0 Å². The van der Waals surface area contributed by atoms with Crippen LogP contribution >= 0.6 is 11.6 Å². The highest BCUT2D eigenvalue weighted by Gasteiger charge is 2.42. The van der Waals surface area contributed by atoms with Crippen molar-refractivity contribution in [1.29, 1.82) is 0 Å². The number of halogens is 1. The van der Waals surface area contributed by atoms with E-state index in [1.54, 1.807) is 0 Å². The Morgan fingerprint density at radius 3 is 2.50 bits per heavy atom. The summed E-state index contributed by atoms with van der Waals surface area (Å²) >= 11 is 5.97. The van der Waals surface area contributed by atoms with Crippen LogP contribution < -0.4 is 5.32 Å². The molecule has 1 heterocycles. The molecule has 0 saturated carbocycles. The van der Waals surface area contributed by atoms with Gasteiger partial charge in [0.1, 0.15) is 0 Å². The quantitative estimate of drug-likeness (QED) is 0.627. The Kier molecular flexibility index (Phi) is 6.39. The van der Waals surface area contributed by atoms with E-state index in [1.165, 1.54) is 11.1 Å². The second-order valence-corrected chi connectivity index (χ2v) is 8.21. The van der Waals surface area contributed by atoms with Crippen LogP contribution in [0.1, 0.15) is 50.7 Å². The molecule has 0 spiro atoms. The summed E-state index contributed by atoms with van der Waals surface area (Å²) in [6.45, 7) is 7.22.